The number of aliphatic hydroxyl groups is 1. The molecule has 3 rings (SSSR count). The van der Waals surface area contributed by atoms with Crippen LogP contribution in [0.3, 0.4) is 0 Å². The van der Waals surface area contributed by atoms with Crippen LogP contribution >= 0.6 is 46.9 Å². The number of guanidine groups is 1. The molecule has 0 unspecified atom stereocenters. The van der Waals surface area contributed by atoms with Gasteiger partial charge in [0.05, 0.1) is 17.5 Å². The number of halogens is 3. The van der Waals surface area contributed by atoms with Gasteiger partial charge >= 0.3 is 0 Å². The summed E-state index contributed by atoms with van der Waals surface area (Å²) in [7, 11) is 0. The number of benzene rings is 1. The second-order valence-corrected chi connectivity index (χ2v) is 8.52. The summed E-state index contributed by atoms with van der Waals surface area (Å²) in [6.07, 6.45) is 0. The van der Waals surface area contributed by atoms with Crippen molar-refractivity contribution in [3.05, 3.63) is 56.5 Å². The SMILES string of the molecule is CCNC(=NCc1ccc(F)c(CO)c1)N1CCN(Cc2ccc(Cl)s2)CC1.I. The summed E-state index contributed by atoms with van der Waals surface area (Å²) in [4.78, 5) is 10.7. The Balaban J connectivity index is 0.00000300. The highest BCUT2D eigenvalue weighted by Gasteiger charge is 2.20. The zero-order chi connectivity index (χ0) is 19.9. The van der Waals surface area contributed by atoms with E-state index >= 15 is 0 Å². The van der Waals surface area contributed by atoms with E-state index in [4.69, 9.17) is 16.6 Å². The van der Waals surface area contributed by atoms with Crippen molar-refractivity contribution in [1.82, 2.24) is 15.1 Å². The molecular formula is C20H27ClFIN4OS. The summed E-state index contributed by atoms with van der Waals surface area (Å²) in [5, 5.41) is 12.6. The molecule has 1 aromatic carbocycles. The second kappa shape index (κ2) is 12.0. The molecule has 0 radical (unpaired) electrons. The van der Waals surface area contributed by atoms with Gasteiger partial charge in [0.1, 0.15) is 5.82 Å². The van der Waals surface area contributed by atoms with E-state index in [0.29, 0.717) is 12.1 Å². The van der Waals surface area contributed by atoms with Crippen molar-refractivity contribution in [2.24, 2.45) is 4.99 Å². The van der Waals surface area contributed by atoms with Gasteiger partial charge in [0.15, 0.2) is 5.96 Å². The smallest absolute Gasteiger partial charge is 0.194 e. The number of hydrogen-bond acceptors (Lipinski definition) is 4. The lowest BCUT2D eigenvalue weighted by molar-refractivity contribution is 0.173. The van der Waals surface area contributed by atoms with Crippen molar-refractivity contribution >= 4 is 52.9 Å². The molecule has 1 saturated heterocycles. The number of thiophene rings is 1. The van der Waals surface area contributed by atoms with Crippen LogP contribution in [0.5, 0.6) is 0 Å². The summed E-state index contributed by atoms with van der Waals surface area (Å²) >= 11 is 7.66. The van der Waals surface area contributed by atoms with Crippen LogP contribution in [0.1, 0.15) is 22.9 Å². The average molecular weight is 553 g/mol. The Kier molecular flexibility index (Phi) is 10.1. The molecule has 29 heavy (non-hydrogen) atoms. The monoisotopic (exact) mass is 552 g/mol. The number of aliphatic hydroxyl groups excluding tert-OH is 1. The lowest BCUT2D eigenvalue weighted by Crippen LogP contribution is -2.52. The highest BCUT2D eigenvalue weighted by molar-refractivity contribution is 14.0. The van der Waals surface area contributed by atoms with Crippen LogP contribution in [0.2, 0.25) is 4.34 Å². The first kappa shape index (κ1) is 24.3. The minimum Gasteiger partial charge on any atom is -0.392 e. The predicted octanol–water partition coefficient (Wildman–Crippen LogP) is 3.93. The first-order valence-corrected chi connectivity index (χ1v) is 10.7. The fraction of sp³-hybridized carbons (Fsp3) is 0.450. The van der Waals surface area contributed by atoms with Crippen molar-refractivity contribution in [2.45, 2.75) is 26.6 Å². The Bertz CT molecular complexity index is 812. The van der Waals surface area contributed by atoms with E-state index in [1.54, 1.807) is 23.5 Å². The first-order valence-electron chi connectivity index (χ1n) is 9.47. The third kappa shape index (κ3) is 7.06. The van der Waals surface area contributed by atoms with E-state index in [1.807, 2.05) is 13.0 Å². The molecule has 9 heteroatoms. The highest BCUT2D eigenvalue weighted by Crippen LogP contribution is 2.23. The van der Waals surface area contributed by atoms with Gasteiger partial charge in [-0.2, -0.15) is 0 Å². The minimum absolute atomic E-state index is 0. The standard InChI is InChI=1S/C20H26ClFN4OS.HI/c1-2-23-20(24-12-15-3-5-18(22)16(11-15)14-27)26-9-7-25(8-10-26)13-17-4-6-19(21)28-17;/h3-6,11,27H,2,7-10,12-14H2,1H3,(H,23,24);1H. The van der Waals surface area contributed by atoms with Crippen LogP contribution in [-0.2, 0) is 19.7 Å². The van der Waals surface area contributed by atoms with Crippen molar-refractivity contribution in [2.75, 3.05) is 32.7 Å². The maximum Gasteiger partial charge on any atom is 0.194 e. The van der Waals surface area contributed by atoms with Crippen LogP contribution in [-0.4, -0.2) is 53.6 Å². The maximum absolute atomic E-state index is 13.5. The quantitative estimate of drug-likeness (QED) is 0.324. The molecule has 0 amide bonds. The second-order valence-electron chi connectivity index (χ2n) is 6.72. The van der Waals surface area contributed by atoms with E-state index < -0.39 is 0 Å². The van der Waals surface area contributed by atoms with Crippen LogP contribution < -0.4 is 5.32 Å². The first-order chi connectivity index (χ1) is 13.6. The van der Waals surface area contributed by atoms with Crippen LogP contribution in [0.4, 0.5) is 4.39 Å². The summed E-state index contributed by atoms with van der Waals surface area (Å²) in [6, 6.07) is 8.82. The van der Waals surface area contributed by atoms with Gasteiger partial charge in [-0.3, -0.25) is 4.90 Å². The Morgan fingerprint density at radius 3 is 2.62 bits per heavy atom. The van der Waals surface area contributed by atoms with Gasteiger partial charge in [-0.25, -0.2) is 9.38 Å². The number of aliphatic imine (C=N–C) groups is 1. The van der Waals surface area contributed by atoms with E-state index in [-0.39, 0.29) is 36.4 Å². The molecule has 1 aliphatic heterocycles. The van der Waals surface area contributed by atoms with E-state index in [9.17, 15) is 9.50 Å². The van der Waals surface area contributed by atoms with Gasteiger partial charge in [-0.15, -0.1) is 35.3 Å². The zero-order valence-corrected chi connectivity index (χ0v) is 20.3. The third-order valence-corrected chi connectivity index (χ3v) is 5.92. The fourth-order valence-corrected chi connectivity index (χ4v) is 4.34. The summed E-state index contributed by atoms with van der Waals surface area (Å²) in [5.74, 6) is 0.487. The summed E-state index contributed by atoms with van der Waals surface area (Å²) < 4.78 is 14.4. The highest BCUT2D eigenvalue weighted by atomic mass is 127. The number of nitrogens with zero attached hydrogens (tertiary/aromatic N) is 3. The van der Waals surface area contributed by atoms with E-state index in [1.165, 1.54) is 10.9 Å². The van der Waals surface area contributed by atoms with Crippen molar-refractivity contribution in [3.63, 3.8) is 0 Å². The molecule has 160 valence electrons. The van der Waals surface area contributed by atoms with Crippen LogP contribution in [0.15, 0.2) is 35.3 Å². The van der Waals surface area contributed by atoms with Gasteiger partial charge in [-0.05, 0) is 36.8 Å². The number of rotatable bonds is 6. The van der Waals surface area contributed by atoms with E-state index in [0.717, 1.165) is 55.1 Å². The van der Waals surface area contributed by atoms with E-state index in [2.05, 4.69) is 21.2 Å². The predicted molar refractivity (Wildman–Crippen MR) is 129 cm³/mol. The molecular weight excluding hydrogens is 526 g/mol. The van der Waals surface area contributed by atoms with Gasteiger partial charge in [0, 0.05) is 49.7 Å². The molecule has 0 spiro atoms. The fourth-order valence-electron chi connectivity index (χ4n) is 3.21. The summed E-state index contributed by atoms with van der Waals surface area (Å²) in [6.45, 7) is 7.64. The molecule has 5 nitrogen and oxygen atoms in total. The Morgan fingerprint density at radius 1 is 1.24 bits per heavy atom. The van der Waals surface area contributed by atoms with Crippen LogP contribution in [0.25, 0.3) is 0 Å². The maximum atomic E-state index is 13.5. The van der Waals surface area contributed by atoms with Crippen molar-refractivity contribution < 1.29 is 9.50 Å². The lowest BCUT2D eigenvalue weighted by Gasteiger charge is -2.36. The average Bonchev–Trinajstić information content (AvgIpc) is 3.11. The van der Waals surface area contributed by atoms with Crippen molar-refractivity contribution in [3.8, 4) is 0 Å². The Morgan fingerprint density at radius 2 is 2.00 bits per heavy atom. The van der Waals surface area contributed by atoms with Crippen LogP contribution in [0, 0.1) is 5.82 Å². The van der Waals surface area contributed by atoms with Crippen molar-refractivity contribution in [1.29, 1.82) is 0 Å². The Hall–Kier alpha value is -0.940. The molecule has 0 aliphatic carbocycles. The van der Waals surface area contributed by atoms with Gasteiger partial charge in [-0.1, -0.05) is 17.7 Å². The number of piperazine rings is 1. The number of nitrogens with one attached hydrogen (secondary N) is 1. The normalized spacial score (nSPS) is 15.3. The lowest BCUT2D eigenvalue weighted by atomic mass is 10.1. The van der Waals surface area contributed by atoms with Gasteiger partial charge in [0.25, 0.3) is 0 Å². The minimum atomic E-state index is -0.384. The molecule has 2 N–H and O–H groups in total. The topological polar surface area (TPSA) is 51.1 Å². The molecule has 1 aromatic heterocycles. The molecule has 1 aliphatic rings. The molecule has 1 fully saturated rings. The largest absolute Gasteiger partial charge is 0.392 e. The Labute approximate surface area is 197 Å². The molecule has 2 heterocycles. The molecule has 2 aromatic rings. The van der Waals surface area contributed by atoms with Gasteiger partial charge < -0.3 is 15.3 Å². The number of hydrogen-bond donors (Lipinski definition) is 2. The molecule has 0 atom stereocenters. The van der Waals surface area contributed by atoms with Gasteiger partial charge in [0.2, 0.25) is 0 Å². The zero-order valence-electron chi connectivity index (χ0n) is 16.4. The molecule has 0 saturated carbocycles. The molecule has 0 bridgehead atoms. The summed E-state index contributed by atoms with van der Waals surface area (Å²) in [5.41, 5.74) is 1.19. The third-order valence-electron chi connectivity index (χ3n) is 4.71.